The van der Waals surface area contributed by atoms with Gasteiger partial charge in [0.2, 0.25) is 0 Å². The minimum atomic E-state index is -4.99. The normalized spacial score (nSPS) is 12.5. The lowest BCUT2D eigenvalue weighted by molar-refractivity contribution is -0.143. The third-order valence-corrected chi connectivity index (χ3v) is 5.47. The highest BCUT2D eigenvalue weighted by atomic mass is 35.5. The van der Waals surface area contributed by atoms with Crippen LogP contribution in [-0.4, -0.2) is 12.6 Å². The van der Waals surface area contributed by atoms with E-state index in [0.717, 1.165) is 18.9 Å². The molecular weight excluding hydrogens is 489 g/mol. The molecule has 0 aliphatic heterocycles. The summed E-state index contributed by atoms with van der Waals surface area (Å²) in [4.78, 5) is 11.8. The molecule has 0 fully saturated rings. The van der Waals surface area contributed by atoms with E-state index in [2.05, 4.69) is 0 Å². The van der Waals surface area contributed by atoms with Crippen LogP contribution in [0.2, 0.25) is 0 Å². The number of rotatable bonds is 10. The summed E-state index contributed by atoms with van der Waals surface area (Å²) >= 11 is 0. The van der Waals surface area contributed by atoms with E-state index in [1.807, 2.05) is 19.1 Å². The first-order valence-electron chi connectivity index (χ1n) is 11.2. The van der Waals surface area contributed by atoms with Gasteiger partial charge in [-0.15, -0.1) is 12.4 Å². The Morgan fingerprint density at radius 2 is 1.83 bits per heavy atom. The zero-order valence-electron chi connectivity index (χ0n) is 20.0. The summed E-state index contributed by atoms with van der Waals surface area (Å²) in [6.45, 7) is 5.14. The number of nitrogens with two attached hydrogens (primary N) is 1. The first kappa shape index (κ1) is 30.6. The Balaban J connectivity index is 0.00000612. The van der Waals surface area contributed by atoms with Crippen LogP contribution < -0.4 is 5.73 Å². The van der Waals surface area contributed by atoms with Gasteiger partial charge in [-0.3, -0.25) is 4.79 Å². The van der Waals surface area contributed by atoms with Gasteiger partial charge < -0.3 is 10.5 Å². The molecule has 0 aromatic heterocycles. The van der Waals surface area contributed by atoms with Crippen molar-refractivity contribution in [3.8, 4) is 11.1 Å². The minimum absolute atomic E-state index is 0. The van der Waals surface area contributed by atoms with Crippen molar-refractivity contribution in [2.75, 3.05) is 6.61 Å². The molecule has 0 aliphatic rings. The molecule has 2 aromatic rings. The van der Waals surface area contributed by atoms with Crippen molar-refractivity contribution >= 4 is 18.4 Å². The van der Waals surface area contributed by atoms with Gasteiger partial charge in [0, 0.05) is 11.6 Å². The van der Waals surface area contributed by atoms with Crippen molar-refractivity contribution in [1.29, 1.82) is 0 Å². The van der Waals surface area contributed by atoms with Gasteiger partial charge in [-0.25, -0.2) is 8.78 Å². The fraction of sp³-hybridized carbons (Fsp3) is 0.423. The summed E-state index contributed by atoms with van der Waals surface area (Å²) in [6, 6.07) is 3.13. The molecule has 9 heteroatoms. The van der Waals surface area contributed by atoms with Crippen LogP contribution in [0.5, 0.6) is 0 Å². The zero-order valence-corrected chi connectivity index (χ0v) is 20.8. The molecule has 0 heterocycles. The lowest BCUT2D eigenvalue weighted by Gasteiger charge is -2.20. The summed E-state index contributed by atoms with van der Waals surface area (Å²) in [5, 5.41) is 0. The third-order valence-electron chi connectivity index (χ3n) is 5.47. The highest BCUT2D eigenvalue weighted by Gasteiger charge is 2.37. The first-order valence-corrected chi connectivity index (χ1v) is 11.2. The second-order valence-corrected chi connectivity index (χ2v) is 8.11. The Labute approximate surface area is 209 Å². The van der Waals surface area contributed by atoms with E-state index < -0.39 is 47.4 Å². The molecule has 0 saturated carbocycles. The van der Waals surface area contributed by atoms with Gasteiger partial charge in [0.15, 0.2) is 0 Å². The topological polar surface area (TPSA) is 52.3 Å². The Bertz CT molecular complexity index is 1040. The monoisotopic (exact) mass is 519 g/mol. The molecule has 35 heavy (non-hydrogen) atoms. The van der Waals surface area contributed by atoms with Gasteiger partial charge in [-0.2, -0.15) is 13.2 Å². The Kier molecular flexibility index (Phi) is 11.9. The fourth-order valence-corrected chi connectivity index (χ4v) is 3.94. The second-order valence-electron chi connectivity index (χ2n) is 8.11. The molecule has 2 rings (SSSR count). The highest BCUT2D eigenvalue weighted by molar-refractivity contribution is 5.85. The summed E-state index contributed by atoms with van der Waals surface area (Å²) in [7, 11) is 0. The summed E-state index contributed by atoms with van der Waals surface area (Å²) < 4.78 is 75.1. The van der Waals surface area contributed by atoms with Crippen LogP contribution in [0, 0.1) is 18.6 Å². The molecule has 0 amide bonds. The molecule has 0 spiro atoms. The number of ether oxygens (including phenoxy) is 1. The number of allylic oxidation sites excluding steroid dienone is 2. The number of halogens is 6. The number of benzene rings is 2. The summed E-state index contributed by atoms with van der Waals surface area (Å²) in [5.74, 6) is -2.77. The Morgan fingerprint density at radius 3 is 2.43 bits per heavy atom. The van der Waals surface area contributed by atoms with Crippen molar-refractivity contribution in [3.63, 3.8) is 0 Å². The molecular formula is C26H31ClF5NO2. The number of unbranched alkanes of at least 4 members (excludes halogenated alkanes) is 2. The maximum Gasteiger partial charge on any atom is 0.419 e. The van der Waals surface area contributed by atoms with Crippen molar-refractivity contribution < 1.29 is 31.5 Å². The van der Waals surface area contributed by atoms with Gasteiger partial charge in [0.1, 0.15) is 11.6 Å². The average Bonchev–Trinajstić information content (AvgIpc) is 2.73. The SMILES string of the molecule is CC=CCCCCc1cc(F)cc(C)c1-c1cc([C@@H](N)CC(=O)OCC)c(F)c(C(F)(F)F)c1.Cl. The van der Waals surface area contributed by atoms with Crippen LogP contribution in [0.1, 0.15) is 67.8 Å². The highest BCUT2D eigenvalue weighted by Crippen LogP contribution is 2.40. The third kappa shape index (κ3) is 8.32. The quantitative estimate of drug-likeness (QED) is 0.152. The predicted molar refractivity (Wildman–Crippen MR) is 129 cm³/mol. The molecule has 0 bridgehead atoms. The molecule has 194 valence electrons. The first-order chi connectivity index (χ1) is 16.0. The van der Waals surface area contributed by atoms with E-state index in [-0.39, 0.29) is 24.6 Å². The number of hydrogen-bond donors (Lipinski definition) is 1. The second kappa shape index (κ2) is 13.6. The molecule has 1 atom stereocenters. The number of aryl methyl sites for hydroxylation is 2. The zero-order chi connectivity index (χ0) is 25.5. The van der Waals surface area contributed by atoms with Crippen LogP contribution >= 0.6 is 12.4 Å². The Hall–Kier alpha value is -2.45. The number of esters is 1. The molecule has 2 N–H and O–H groups in total. The molecule has 0 unspecified atom stereocenters. The number of hydrogen-bond acceptors (Lipinski definition) is 3. The Morgan fingerprint density at radius 1 is 1.14 bits per heavy atom. The van der Waals surface area contributed by atoms with Crippen molar-refractivity contribution in [1.82, 2.24) is 0 Å². The van der Waals surface area contributed by atoms with E-state index >= 15 is 0 Å². The van der Waals surface area contributed by atoms with Crippen LogP contribution in [0.3, 0.4) is 0 Å². The summed E-state index contributed by atoms with van der Waals surface area (Å²) in [5.41, 5.74) is 5.44. The van der Waals surface area contributed by atoms with E-state index in [1.165, 1.54) is 18.2 Å². The van der Waals surface area contributed by atoms with E-state index in [9.17, 15) is 26.7 Å². The van der Waals surface area contributed by atoms with Crippen LogP contribution in [0.25, 0.3) is 11.1 Å². The largest absolute Gasteiger partial charge is 0.466 e. The van der Waals surface area contributed by atoms with E-state index in [0.29, 0.717) is 29.5 Å². The lowest BCUT2D eigenvalue weighted by Crippen LogP contribution is -2.21. The number of carbonyl (C=O) groups is 1. The maximum atomic E-state index is 14.9. The number of alkyl halides is 3. The van der Waals surface area contributed by atoms with Gasteiger partial charge >= 0.3 is 12.1 Å². The van der Waals surface area contributed by atoms with Crippen molar-refractivity contribution in [2.24, 2.45) is 5.73 Å². The van der Waals surface area contributed by atoms with Gasteiger partial charge in [0.25, 0.3) is 0 Å². The van der Waals surface area contributed by atoms with E-state index in [4.69, 9.17) is 10.5 Å². The maximum absolute atomic E-state index is 14.9. The molecule has 0 radical (unpaired) electrons. The molecule has 0 aliphatic carbocycles. The molecule has 3 nitrogen and oxygen atoms in total. The van der Waals surface area contributed by atoms with Crippen molar-refractivity contribution in [2.45, 2.75) is 65.1 Å². The predicted octanol–water partition coefficient (Wildman–Crippen LogP) is 7.62. The van der Waals surface area contributed by atoms with Crippen LogP contribution in [0.4, 0.5) is 22.0 Å². The van der Waals surface area contributed by atoms with Gasteiger partial charge in [-0.1, -0.05) is 12.2 Å². The fourth-order valence-electron chi connectivity index (χ4n) is 3.94. The van der Waals surface area contributed by atoms with Gasteiger partial charge in [0.05, 0.1) is 18.6 Å². The van der Waals surface area contributed by atoms with E-state index in [1.54, 1.807) is 13.8 Å². The van der Waals surface area contributed by atoms with Crippen molar-refractivity contribution in [3.05, 3.63) is 70.3 Å². The number of carbonyl (C=O) groups excluding carboxylic acids is 1. The summed E-state index contributed by atoms with van der Waals surface area (Å²) in [6.07, 6.45) is 1.26. The average molecular weight is 520 g/mol. The molecule has 0 saturated heterocycles. The van der Waals surface area contributed by atoms with Crippen LogP contribution in [0.15, 0.2) is 36.4 Å². The minimum Gasteiger partial charge on any atom is -0.466 e. The standard InChI is InChI=1S/C26H30F5NO2.ClH/c1-4-6-7-8-9-10-17-12-19(27)11-16(3)24(17)18-13-20(22(32)15-23(33)34-5-2)25(28)21(14-18)26(29,30)31;/h4,6,11-14,22H,5,7-10,15,32H2,1-3H3;1H/t22-;/m0./s1. The van der Waals surface area contributed by atoms with Gasteiger partial charge in [-0.05, 0) is 93.0 Å². The molecule has 2 aromatic carbocycles. The van der Waals surface area contributed by atoms with Crippen LogP contribution in [-0.2, 0) is 22.1 Å². The lowest BCUT2D eigenvalue weighted by atomic mass is 9.88. The smallest absolute Gasteiger partial charge is 0.419 e.